The summed E-state index contributed by atoms with van der Waals surface area (Å²) in [5.74, 6) is 1.57. The highest BCUT2D eigenvalue weighted by molar-refractivity contribution is 6.30. The number of ether oxygens (including phenoxy) is 1. The summed E-state index contributed by atoms with van der Waals surface area (Å²) in [6, 6.07) is 15.2. The molecule has 2 rings (SSSR count). The summed E-state index contributed by atoms with van der Waals surface area (Å²) in [6.45, 7) is 2.07. The van der Waals surface area contributed by atoms with Crippen molar-refractivity contribution in [1.29, 1.82) is 0 Å². The maximum Gasteiger partial charge on any atom is 0.127 e. The van der Waals surface area contributed by atoms with Crippen molar-refractivity contribution in [3.05, 3.63) is 59.1 Å². The van der Waals surface area contributed by atoms with Gasteiger partial charge in [0, 0.05) is 11.1 Å². The second kappa shape index (κ2) is 5.89. The van der Waals surface area contributed by atoms with Gasteiger partial charge in [0.2, 0.25) is 0 Å². The van der Waals surface area contributed by atoms with Crippen LogP contribution in [0.4, 0.5) is 0 Å². The average Bonchev–Trinajstić information content (AvgIpc) is 2.41. The van der Waals surface area contributed by atoms with Crippen LogP contribution in [0.15, 0.2) is 48.5 Å². The van der Waals surface area contributed by atoms with Crippen molar-refractivity contribution < 1.29 is 4.74 Å². The maximum absolute atomic E-state index is 5.96. The van der Waals surface area contributed by atoms with E-state index in [1.165, 1.54) is 0 Å². The molecular formula is C15H16ClNO. The van der Waals surface area contributed by atoms with Crippen LogP contribution in [0.1, 0.15) is 24.9 Å². The molecule has 0 saturated heterocycles. The van der Waals surface area contributed by atoms with E-state index in [0.717, 1.165) is 23.5 Å². The van der Waals surface area contributed by atoms with Gasteiger partial charge in [0.05, 0.1) is 0 Å². The van der Waals surface area contributed by atoms with Gasteiger partial charge in [0.25, 0.3) is 0 Å². The molecule has 0 spiro atoms. The second-order valence-corrected chi connectivity index (χ2v) is 4.58. The minimum atomic E-state index is 0.0922. The van der Waals surface area contributed by atoms with E-state index < -0.39 is 0 Å². The van der Waals surface area contributed by atoms with Crippen LogP contribution in [0.25, 0.3) is 0 Å². The lowest BCUT2D eigenvalue weighted by Crippen LogP contribution is -2.07. The van der Waals surface area contributed by atoms with Crippen LogP contribution in [-0.4, -0.2) is 0 Å². The molecule has 2 nitrogen and oxygen atoms in total. The zero-order valence-corrected chi connectivity index (χ0v) is 11.0. The van der Waals surface area contributed by atoms with E-state index in [-0.39, 0.29) is 6.04 Å². The minimum Gasteiger partial charge on any atom is -0.457 e. The molecule has 0 saturated carbocycles. The second-order valence-electron chi connectivity index (χ2n) is 4.14. The Morgan fingerprint density at radius 1 is 1.00 bits per heavy atom. The third-order valence-corrected chi connectivity index (χ3v) is 3.05. The van der Waals surface area contributed by atoms with Crippen molar-refractivity contribution in [2.45, 2.75) is 19.4 Å². The van der Waals surface area contributed by atoms with Gasteiger partial charge in [-0.3, -0.25) is 0 Å². The Bertz CT molecular complexity index is 493. The Hall–Kier alpha value is -1.51. The minimum absolute atomic E-state index is 0.0922. The number of hydrogen-bond acceptors (Lipinski definition) is 2. The summed E-state index contributed by atoms with van der Waals surface area (Å²) < 4.78 is 5.70. The van der Waals surface area contributed by atoms with E-state index >= 15 is 0 Å². The topological polar surface area (TPSA) is 35.2 Å². The zero-order valence-electron chi connectivity index (χ0n) is 10.3. The largest absolute Gasteiger partial charge is 0.457 e. The molecule has 0 fully saturated rings. The molecule has 0 aliphatic carbocycles. The highest BCUT2D eigenvalue weighted by Crippen LogP contribution is 2.24. The molecule has 2 N–H and O–H groups in total. The van der Waals surface area contributed by atoms with E-state index in [1.807, 2.05) is 36.4 Å². The lowest BCUT2D eigenvalue weighted by Gasteiger charge is -2.10. The maximum atomic E-state index is 5.96. The lowest BCUT2D eigenvalue weighted by molar-refractivity contribution is 0.482. The first-order valence-electron chi connectivity index (χ1n) is 5.98. The van der Waals surface area contributed by atoms with Gasteiger partial charge in [0.1, 0.15) is 11.5 Å². The zero-order chi connectivity index (χ0) is 13.0. The van der Waals surface area contributed by atoms with Crippen LogP contribution in [-0.2, 0) is 0 Å². The van der Waals surface area contributed by atoms with Crippen molar-refractivity contribution in [3.63, 3.8) is 0 Å². The predicted molar refractivity (Wildman–Crippen MR) is 75.2 cm³/mol. The summed E-state index contributed by atoms with van der Waals surface area (Å²) in [7, 11) is 0. The molecule has 2 aromatic carbocycles. The number of rotatable bonds is 4. The first kappa shape index (κ1) is 12.9. The van der Waals surface area contributed by atoms with Gasteiger partial charge in [-0.25, -0.2) is 0 Å². The van der Waals surface area contributed by atoms with Crippen molar-refractivity contribution >= 4 is 11.6 Å². The van der Waals surface area contributed by atoms with Crippen molar-refractivity contribution in [2.75, 3.05) is 0 Å². The van der Waals surface area contributed by atoms with Crippen LogP contribution >= 0.6 is 11.6 Å². The van der Waals surface area contributed by atoms with Crippen LogP contribution in [0.2, 0.25) is 5.02 Å². The van der Waals surface area contributed by atoms with Crippen molar-refractivity contribution in [2.24, 2.45) is 5.73 Å². The Balaban J connectivity index is 2.08. The molecule has 94 valence electrons. The summed E-state index contributed by atoms with van der Waals surface area (Å²) >= 11 is 5.82. The van der Waals surface area contributed by atoms with Gasteiger partial charge in [-0.2, -0.15) is 0 Å². The Kier molecular flexibility index (Phi) is 4.24. The van der Waals surface area contributed by atoms with E-state index in [2.05, 4.69) is 6.92 Å². The SMILES string of the molecule is CC[C@H](N)c1ccc(Oc2ccc(Cl)cc2)cc1. The van der Waals surface area contributed by atoms with Crippen molar-refractivity contribution in [3.8, 4) is 11.5 Å². The number of hydrogen-bond donors (Lipinski definition) is 1. The molecule has 3 heteroatoms. The first-order chi connectivity index (χ1) is 8.69. The van der Waals surface area contributed by atoms with Crippen molar-refractivity contribution in [1.82, 2.24) is 0 Å². The quantitative estimate of drug-likeness (QED) is 0.877. The molecule has 0 radical (unpaired) electrons. The van der Waals surface area contributed by atoms with E-state index in [4.69, 9.17) is 22.1 Å². The summed E-state index contributed by atoms with van der Waals surface area (Å²) in [5, 5.41) is 0.701. The standard InChI is InChI=1S/C15H16ClNO/c1-2-15(17)11-3-7-13(8-4-11)18-14-9-5-12(16)6-10-14/h3-10,15H,2,17H2,1H3/t15-/m0/s1. The monoisotopic (exact) mass is 261 g/mol. The Labute approximate surface area is 112 Å². The van der Waals surface area contributed by atoms with Crippen LogP contribution in [0, 0.1) is 0 Å². The van der Waals surface area contributed by atoms with Gasteiger partial charge in [-0.1, -0.05) is 30.7 Å². The lowest BCUT2D eigenvalue weighted by atomic mass is 10.1. The number of nitrogens with two attached hydrogens (primary N) is 1. The van der Waals surface area contributed by atoms with E-state index in [9.17, 15) is 0 Å². The highest BCUT2D eigenvalue weighted by atomic mass is 35.5. The molecule has 0 bridgehead atoms. The smallest absolute Gasteiger partial charge is 0.127 e. The number of benzene rings is 2. The molecule has 0 unspecified atom stereocenters. The predicted octanol–water partition coefficient (Wildman–Crippen LogP) is 4.54. The fraction of sp³-hybridized carbons (Fsp3) is 0.200. The Morgan fingerprint density at radius 3 is 2.00 bits per heavy atom. The van der Waals surface area contributed by atoms with Gasteiger partial charge in [-0.05, 0) is 48.4 Å². The van der Waals surface area contributed by atoms with E-state index in [1.54, 1.807) is 12.1 Å². The normalized spacial score (nSPS) is 12.2. The van der Waals surface area contributed by atoms with Gasteiger partial charge >= 0.3 is 0 Å². The van der Waals surface area contributed by atoms with Gasteiger partial charge < -0.3 is 10.5 Å². The van der Waals surface area contributed by atoms with Crippen LogP contribution < -0.4 is 10.5 Å². The number of halogens is 1. The molecular weight excluding hydrogens is 246 g/mol. The molecule has 1 atom stereocenters. The molecule has 18 heavy (non-hydrogen) atoms. The first-order valence-corrected chi connectivity index (χ1v) is 6.36. The third-order valence-electron chi connectivity index (χ3n) is 2.80. The molecule has 0 heterocycles. The third kappa shape index (κ3) is 3.25. The van der Waals surface area contributed by atoms with Gasteiger partial charge in [-0.15, -0.1) is 0 Å². The fourth-order valence-corrected chi connectivity index (χ4v) is 1.78. The molecule has 0 amide bonds. The molecule has 0 aliphatic rings. The average molecular weight is 262 g/mol. The summed E-state index contributed by atoms with van der Waals surface area (Å²) in [4.78, 5) is 0. The fourth-order valence-electron chi connectivity index (χ4n) is 1.66. The summed E-state index contributed by atoms with van der Waals surface area (Å²) in [6.07, 6.45) is 0.928. The molecule has 2 aromatic rings. The highest BCUT2D eigenvalue weighted by Gasteiger charge is 2.03. The Morgan fingerprint density at radius 2 is 1.50 bits per heavy atom. The van der Waals surface area contributed by atoms with Crippen LogP contribution in [0.3, 0.4) is 0 Å². The van der Waals surface area contributed by atoms with E-state index in [0.29, 0.717) is 5.02 Å². The molecule has 0 aromatic heterocycles. The summed E-state index contributed by atoms with van der Waals surface area (Å²) in [5.41, 5.74) is 7.08. The van der Waals surface area contributed by atoms with Gasteiger partial charge in [0.15, 0.2) is 0 Å². The van der Waals surface area contributed by atoms with Crippen LogP contribution in [0.5, 0.6) is 11.5 Å². The molecule has 0 aliphatic heterocycles.